The van der Waals surface area contributed by atoms with E-state index in [-0.39, 0.29) is 5.41 Å². The second-order valence-corrected chi connectivity index (χ2v) is 6.42. The predicted molar refractivity (Wildman–Crippen MR) is 87.5 cm³/mol. The van der Waals surface area contributed by atoms with Crippen molar-refractivity contribution in [1.82, 2.24) is 9.55 Å². The van der Waals surface area contributed by atoms with Gasteiger partial charge in [0.25, 0.3) is 0 Å². The van der Waals surface area contributed by atoms with Gasteiger partial charge in [-0.05, 0) is 31.4 Å². The van der Waals surface area contributed by atoms with E-state index in [1.807, 2.05) is 58.4 Å². The average molecular weight is 306 g/mol. The molecular weight excluding hydrogens is 280 g/mol. The van der Waals surface area contributed by atoms with E-state index in [2.05, 4.69) is 4.98 Å². The largest absolute Gasteiger partial charge is 0.492 e. The highest BCUT2D eigenvalue weighted by molar-refractivity contribution is 5.88. The summed E-state index contributed by atoms with van der Waals surface area (Å²) in [6, 6.07) is 3.77. The molecule has 0 aliphatic carbocycles. The van der Waals surface area contributed by atoms with Crippen molar-refractivity contribution in [1.29, 1.82) is 0 Å². The molecule has 122 valence electrons. The van der Waals surface area contributed by atoms with Crippen LogP contribution in [0, 0.1) is 5.41 Å². The highest BCUT2D eigenvalue weighted by atomic mass is 16.5. The maximum atomic E-state index is 10.6. The number of aliphatic hydroxyl groups is 1. The van der Waals surface area contributed by atoms with Crippen molar-refractivity contribution in [2.75, 3.05) is 13.2 Å². The Bertz CT molecular complexity index is 656. The molecule has 1 atom stereocenters. The molecule has 22 heavy (non-hydrogen) atoms. The maximum absolute atomic E-state index is 10.6. The number of hydrogen-bond acceptors (Lipinski definition) is 4. The number of ether oxygens (including phenoxy) is 2. The van der Waals surface area contributed by atoms with Crippen LogP contribution in [0.5, 0.6) is 11.5 Å². The zero-order valence-electron chi connectivity index (χ0n) is 14.3. The second-order valence-electron chi connectivity index (χ2n) is 6.42. The van der Waals surface area contributed by atoms with Crippen LogP contribution in [0.15, 0.2) is 12.1 Å². The van der Waals surface area contributed by atoms with Crippen molar-refractivity contribution in [3.05, 3.63) is 18.0 Å². The number of aryl methyl sites for hydroxylation is 1. The summed E-state index contributed by atoms with van der Waals surface area (Å²) in [5.74, 6) is 2.09. The summed E-state index contributed by atoms with van der Waals surface area (Å²) in [5, 5.41) is 10.6. The number of hydrogen-bond donors (Lipinski definition) is 1. The molecule has 1 N–H and O–H groups in total. The lowest BCUT2D eigenvalue weighted by molar-refractivity contribution is 0.0529. The number of aliphatic hydroxyl groups excluding tert-OH is 1. The molecule has 0 amide bonds. The molecule has 0 saturated carbocycles. The van der Waals surface area contributed by atoms with Crippen LogP contribution in [0.4, 0.5) is 0 Å². The molecule has 5 heteroatoms. The van der Waals surface area contributed by atoms with Gasteiger partial charge in [-0.2, -0.15) is 0 Å². The molecule has 2 rings (SSSR count). The summed E-state index contributed by atoms with van der Waals surface area (Å²) >= 11 is 0. The first-order valence-corrected chi connectivity index (χ1v) is 7.74. The van der Waals surface area contributed by atoms with Gasteiger partial charge in [0.15, 0.2) is 0 Å². The van der Waals surface area contributed by atoms with Gasteiger partial charge in [0.1, 0.15) is 34.5 Å². The van der Waals surface area contributed by atoms with Crippen molar-refractivity contribution in [3.8, 4) is 11.5 Å². The quantitative estimate of drug-likeness (QED) is 0.919. The lowest BCUT2D eigenvalue weighted by Crippen LogP contribution is -2.21. The van der Waals surface area contributed by atoms with Gasteiger partial charge < -0.3 is 19.1 Å². The van der Waals surface area contributed by atoms with E-state index in [4.69, 9.17) is 9.47 Å². The summed E-state index contributed by atoms with van der Waals surface area (Å²) in [7, 11) is 1.90. The first-order chi connectivity index (χ1) is 10.3. The van der Waals surface area contributed by atoms with E-state index in [0.29, 0.717) is 24.8 Å². The Morgan fingerprint density at radius 2 is 1.68 bits per heavy atom. The lowest BCUT2D eigenvalue weighted by Gasteiger charge is -2.25. The van der Waals surface area contributed by atoms with Crippen LogP contribution in [-0.4, -0.2) is 27.9 Å². The molecule has 0 aliphatic heterocycles. The van der Waals surface area contributed by atoms with Crippen LogP contribution in [0.2, 0.25) is 0 Å². The van der Waals surface area contributed by atoms with Crippen LogP contribution in [0.1, 0.15) is 46.5 Å². The van der Waals surface area contributed by atoms with Crippen molar-refractivity contribution in [3.63, 3.8) is 0 Å². The Balaban J connectivity index is 2.69. The maximum Gasteiger partial charge on any atom is 0.147 e. The van der Waals surface area contributed by atoms with Gasteiger partial charge in [-0.25, -0.2) is 4.98 Å². The van der Waals surface area contributed by atoms with Crippen LogP contribution < -0.4 is 9.47 Å². The van der Waals surface area contributed by atoms with E-state index in [0.717, 1.165) is 16.8 Å². The average Bonchev–Trinajstić information content (AvgIpc) is 2.78. The fraction of sp³-hybridized carbons (Fsp3) is 0.588. The van der Waals surface area contributed by atoms with E-state index >= 15 is 0 Å². The fourth-order valence-corrected chi connectivity index (χ4v) is 2.45. The third-order valence-electron chi connectivity index (χ3n) is 3.65. The Labute approximate surface area is 131 Å². The van der Waals surface area contributed by atoms with Gasteiger partial charge in [0.05, 0.1) is 13.2 Å². The third-order valence-corrected chi connectivity index (χ3v) is 3.65. The van der Waals surface area contributed by atoms with Crippen molar-refractivity contribution in [2.45, 2.75) is 40.7 Å². The predicted octanol–water partition coefficient (Wildman–Crippen LogP) is 3.45. The number of benzene rings is 1. The number of nitrogens with zero attached hydrogens (tertiary/aromatic N) is 2. The smallest absolute Gasteiger partial charge is 0.147 e. The molecule has 0 fully saturated rings. The second kappa shape index (κ2) is 6.16. The minimum absolute atomic E-state index is 0.299. The zero-order chi connectivity index (χ0) is 16.5. The first kappa shape index (κ1) is 16.6. The van der Waals surface area contributed by atoms with Gasteiger partial charge in [-0.1, -0.05) is 20.8 Å². The SMILES string of the molecule is CCOc1ccc(OCC)c2c1nc([C@H](O)C(C)(C)C)n2C. The number of rotatable bonds is 5. The van der Waals surface area contributed by atoms with Gasteiger partial charge in [-0.3, -0.25) is 0 Å². The summed E-state index contributed by atoms with van der Waals surface area (Å²) in [6.45, 7) is 11.0. The van der Waals surface area contributed by atoms with Gasteiger partial charge >= 0.3 is 0 Å². The van der Waals surface area contributed by atoms with Crippen molar-refractivity contribution in [2.24, 2.45) is 12.5 Å². The van der Waals surface area contributed by atoms with Gasteiger partial charge in [-0.15, -0.1) is 0 Å². The van der Waals surface area contributed by atoms with Crippen LogP contribution in [0.25, 0.3) is 11.0 Å². The third kappa shape index (κ3) is 2.90. The summed E-state index contributed by atoms with van der Waals surface area (Å²) < 4.78 is 13.3. The molecule has 1 heterocycles. The summed E-state index contributed by atoms with van der Waals surface area (Å²) in [4.78, 5) is 4.65. The first-order valence-electron chi connectivity index (χ1n) is 7.74. The molecule has 0 radical (unpaired) electrons. The van der Waals surface area contributed by atoms with Crippen molar-refractivity contribution >= 4 is 11.0 Å². The number of imidazole rings is 1. The number of fused-ring (bicyclic) bond motifs is 1. The van der Waals surface area contributed by atoms with Crippen LogP contribution in [-0.2, 0) is 7.05 Å². The Kier molecular flexibility index (Phi) is 4.66. The Morgan fingerprint density at radius 3 is 2.23 bits per heavy atom. The van der Waals surface area contributed by atoms with Gasteiger partial charge in [0.2, 0.25) is 0 Å². The Hall–Kier alpha value is -1.75. The van der Waals surface area contributed by atoms with Crippen LogP contribution in [0.3, 0.4) is 0 Å². The van der Waals surface area contributed by atoms with E-state index in [1.165, 1.54) is 0 Å². The molecule has 5 nitrogen and oxygen atoms in total. The highest BCUT2D eigenvalue weighted by Gasteiger charge is 2.29. The zero-order valence-corrected chi connectivity index (χ0v) is 14.3. The lowest BCUT2D eigenvalue weighted by atomic mass is 9.89. The molecule has 0 bridgehead atoms. The minimum Gasteiger partial charge on any atom is -0.492 e. The molecule has 1 aromatic heterocycles. The molecular formula is C17H26N2O3. The van der Waals surface area contributed by atoms with E-state index < -0.39 is 6.10 Å². The molecule has 2 aromatic rings. The standard InChI is InChI=1S/C17H26N2O3/c1-7-21-11-9-10-12(22-8-2)14-13(11)18-16(19(14)6)15(20)17(3,4)5/h9-10,15,20H,7-8H2,1-6H3/t15-/m0/s1. The van der Waals surface area contributed by atoms with E-state index in [9.17, 15) is 5.11 Å². The monoisotopic (exact) mass is 306 g/mol. The topological polar surface area (TPSA) is 56.5 Å². The molecule has 0 spiro atoms. The normalized spacial score (nSPS) is 13.4. The van der Waals surface area contributed by atoms with Gasteiger partial charge in [0, 0.05) is 7.05 Å². The number of aromatic nitrogens is 2. The molecule has 1 aromatic carbocycles. The molecule has 0 saturated heterocycles. The summed E-state index contributed by atoms with van der Waals surface area (Å²) in [5.41, 5.74) is 1.28. The summed E-state index contributed by atoms with van der Waals surface area (Å²) in [6.07, 6.45) is -0.672. The van der Waals surface area contributed by atoms with E-state index in [1.54, 1.807) is 0 Å². The molecule has 0 aliphatic rings. The highest BCUT2D eigenvalue weighted by Crippen LogP contribution is 2.38. The van der Waals surface area contributed by atoms with Crippen molar-refractivity contribution < 1.29 is 14.6 Å². The van der Waals surface area contributed by atoms with Crippen LogP contribution >= 0.6 is 0 Å². The Morgan fingerprint density at radius 1 is 1.14 bits per heavy atom. The minimum atomic E-state index is -0.672. The fourth-order valence-electron chi connectivity index (χ4n) is 2.45. The molecule has 0 unspecified atom stereocenters.